The number of amides is 1. The van der Waals surface area contributed by atoms with Crippen LogP contribution in [-0.2, 0) is 0 Å². The molecule has 0 spiro atoms. The molecule has 21 heavy (non-hydrogen) atoms. The van der Waals surface area contributed by atoms with Crippen molar-refractivity contribution >= 4 is 17.5 Å². The summed E-state index contributed by atoms with van der Waals surface area (Å²) < 4.78 is 0. The van der Waals surface area contributed by atoms with Crippen LogP contribution in [0.1, 0.15) is 23.8 Å². The van der Waals surface area contributed by atoms with Crippen LogP contribution in [0.4, 0.5) is 0 Å². The number of aromatic nitrogens is 1. The Labute approximate surface area is 131 Å². The second kappa shape index (κ2) is 8.32. The lowest BCUT2D eigenvalue weighted by Crippen LogP contribution is -2.46. The summed E-state index contributed by atoms with van der Waals surface area (Å²) in [5.74, 6) is -0.159. The first-order valence-electron chi connectivity index (χ1n) is 7.53. The lowest BCUT2D eigenvalue weighted by Gasteiger charge is -2.33. The van der Waals surface area contributed by atoms with Gasteiger partial charge in [-0.05, 0) is 31.6 Å². The third-order valence-electron chi connectivity index (χ3n) is 3.80. The van der Waals surface area contributed by atoms with Crippen molar-refractivity contribution in [2.75, 3.05) is 45.8 Å². The minimum atomic E-state index is -0.159. The van der Waals surface area contributed by atoms with Crippen LogP contribution in [0.3, 0.4) is 0 Å². The molecule has 6 heteroatoms. The van der Waals surface area contributed by atoms with Crippen molar-refractivity contribution in [2.45, 2.75) is 13.3 Å². The van der Waals surface area contributed by atoms with Crippen LogP contribution in [0, 0.1) is 0 Å². The van der Waals surface area contributed by atoms with E-state index in [0.29, 0.717) is 17.3 Å². The molecule has 0 unspecified atom stereocenters. The predicted molar refractivity (Wildman–Crippen MR) is 84.8 cm³/mol. The van der Waals surface area contributed by atoms with Gasteiger partial charge in [0.05, 0.1) is 0 Å². The summed E-state index contributed by atoms with van der Waals surface area (Å²) in [4.78, 5) is 20.8. The summed E-state index contributed by atoms with van der Waals surface area (Å²) >= 11 is 5.84. The van der Waals surface area contributed by atoms with E-state index in [1.165, 1.54) is 0 Å². The second-order valence-corrected chi connectivity index (χ2v) is 5.68. The largest absolute Gasteiger partial charge is 0.351 e. The van der Waals surface area contributed by atoms with Gasteiger partial charge in [-0.2, -0.15) is 0 Å². The molecule has 0 bridgehead atoms. The number of hydrogen-bond donors (Lipinski definition) is 1. The van der Waals surface area contributed by atoms with Crippen molar-refractivity contribution < 1.29 is 4.79 Å². The maximum atomic E-state index is 11.9. The number of halogens is 1. The SMILES string of the molecule is CCN1CCN(CCCNC(=O)c2cc(Cl)ccn2)CC1. The molecular formula is C15H23ClN4O. The standard InChI is InChI=1S/C15H23ClN4O/c1-2-19-8-10-20(11-9-19)7-3-5-18-15(21)14-12-13(16)4-6-17-14/h4,6,12H,2-3,5,7-11H2,1H3,(H,18,21). The summed E-state index contributed by atoms with van der Waals surface area (Å²) in [7, 11) is 0. The quantitative estimate of drug-likeness (QED) is 0.809. The molecule has 0 saturated carbocycles. The number of carbonyl (C=O) groups is 1. The Bertz CT molecular complexity index is 461. The molecule has 2 rings (SSSR count). The molecule has 1 N–H and O–H groups in total. The zero-order valence-electron chi connectivity index (χ0n) is 12.5. The average Bonchev–Trinajstić information content (AvgIpc) is 2.52. The van der Waals surface area contributed by atoms with Gasteiger partial charge in [0, 0.05) is 43.9 Å². The van der Waals surface area contributed by atoms with Crippen molar-refractivity contribution in [3.63, 3.8) is 0 Å². The number of nitrogens with one attached hydrogen (secondary N) is 1. The van der Waals surface area contributed by atoms with Gasteiger partial charge in [0.1, 0.15) is 5.69 Å². The Morgan fingerprint density at radius 2 is 2.05 bits per heavy atom. The fourth-order valence-electron chi connectivity index (χ4n) is 2.45. The number of hydrogen-bond acceptors (Lipinski definition) is 4. The summed E-state index contributed by atoms with van der Waals surface area (Å²) in [6.45, 7) is 9.58. The molecule has 1 aliphatic rings. The maximum Gasteiger partial charge on any atom is 0.269 e. The van der Waals surface area contributed by atoms with Gasteiger partial charge >= 0.3 is 0 Å². The highest BCUT2D eigenvalue weighted by Crippen LogP contribution is 2.07. The van der Waals surface area contributed by atoms with Gasteiger partial charge in [0.2, 0.25) is 0 Å². The topological polar surface area (TPSA) is 48.5 Å². The highest BCUT2D eigenvalue weighted by Gasteiger charge is 2.14. The Morgan fingerprint density at radius 3 is 2.71 bits per heavy atom. The monoisotopic (exact) mass is 310 g/mol. The van der Waals surface area contributed by atoms with Crippen LogP contribution < -0.4 is 5.32 Å². The van der Waals surface area contributed by atoms with Gasteiger partial charge in [-0.3, -0.25) is 9.78 Å². The van der Waals surface area contributed by atoms with Crippen LogP contribution in [0.25, 0.3) is 0 Å². The Balaban J connectivity index is 1.63. The van der Waals surface area contributed by atoms with Crippen molar-refractivity contribution in [1.29, 1.82) is 0 Å². The van der Waals surface area contributed by atoms with E-state index in [0.717, 1.165) is 45.7 Å². The highest BCUT2D eigenvalue weighted by molar-refractivity contribution is 6.30. The molecule has 2 heterocycles. The van der Waals surface area contributed by atoms with Gasteiger partial charge in [-0.15, -0.1) is 0 Å². The predicted octanol–water partition coefficient (Wildman–Crippen LogP) is 1.49. The molecule has 1 aromatic rings. The molecule has 0 aliphatic carbocycles. The van der Waals surface area contributed by atoms with Gasteiger partial charge in [-0.1, -0.05) is 18.5 Å². The van der Waals surface area contributed by atoms with Crippen LogP contribution in [0.5, 0.6) is 0 Å². The number of likely N-dealkylation sites (N-methyl/N-ethyl adjacent to an activating group) is 1. The number of rotatable bonds is 6. The molecular weight excluding hydrogens is 288 g/mol. The van der Waals surface area contributed by atoms with Crippen LogP contribution in [-0.4, -0.2) is 66.5 Å². The van der Waals surface area contributed by atoms with Gasteiger partial charge in [0.25, 0.3) is 5.91 Å². The molecule has 5 nitrogen and oxygen atoms in total. The lowest BCUT2D eigenvalue weighted by atomic mass is 10.3. The number of piperazine rings is 1. The molecule has 1 saturated heterocycles. The summed E-state index contributed by atoms with van der Waals surface area (Å²) in [6, 6.07) is 3.25. The van der Waals surface area contributed by atoms with Crippen molar-refractivity contribution in [3.8, 4) is 0 Å². The van der Waals surface area contributed by atoms with Gasteiger partial charge in [-0.25, -0.2) is 0 Å². The van der Waals surface area contributed by atoms with E-state index in [-0.39, 0.29) is 5.91 Å². The summed E-state index contributed by atoms with van der Waals surface area (Å²) in [5, 5.41) is 3.42. The van der Waals surface area contributed by atoms with E-state index in [1.807, 2.05) is 0 Å². The van der Waals surface area contributed by atoms with Gasteiger partial charge < -0.3 is 15.1 Å². The minimum Gasteiger partial charge on any atom is -0.351 e. The summed E-state index contributed by atoms with van der Waals surface area (Å²) in [5.41, 5.74) is 0.374. The van der Waals surface area contributed by atoms with Gasteiger partial charge in [0.15, 0.2) is 0 Å². The molecule has 1 fully saturated rings. The summed E-state index contributed by atoms with van der Waals surface area (Å²) in [6.07, 6.45) is 2.50. The average molecular weight is 311 g/mol. The molecule has 0 atom stereocenters. The smallest absolute Gasteiger partial charge is 0.269 e. The van der Waals surface area contributed by atoms with Crippen LogP contribution in [0.2, 0.25) is 5.02 Å². The van der Waals surface area contributed by atoms with E-state index in [2.05, 4.69) is 27.0 Å². The van der Waals surface area contributed by atoms with E-state index < -0.39 is 0 Å². The first kappa shape index (κ1) is 16.2. The normalized spacial score (nSPS) is 16.9. The molecule has 1 amide bonds. The van der Waals surface area contributed by atoms with Crippen molar-refractivity contribution in [2.24, 2.45) is 0 Å². The van der Waals surface area contributed by atoms with E-state index >= 15 is 0 Å². The van der Waals surface area contributed by atoms with Crippen molar-refractivity contribution in [3.05, 3.63) is 29.0 Å². The van der Waals surface area contributed by atoms with E-state index in [4.69, 9.17) is 11.6 Å². The maximum absolute atomic E-state index is 11.9. The minimum absolute atomic E-state index is 0.159. The number of pyridine rings is 1. The number of nitrogens with zero attached hydrogens (tertiary/aromatic N) is 3. The van der Waals surface area contributed by atoms with E-state index in [1.54, 1.807) is 18.3 Å². The molecule has 116 valence electrons. The Kier molecular flexibility index (Phi) is 6.42. The number of carbonyl (C=O) groups excluding carboxylic acids is 1. The first-order valence-corrected chi connectivity index (χ1v) is 7.91. The highest BCUT2D eigenvalue weighted by atomic mass is 35.5. The third kappa shape index (κ3) is 5.26. The molecule has 1 aliphatic heterocycles. The fourth-order valence-corrected chi connectivity index (χ4v) is 2.61. The van der Waals surface area contributed by atoms with Crippen molar-refractivity contribution in [1.82, 2.24) is 20.1 Å². The Hall–Kier alpha value is -1.17. The van der Waals surface area contributed by atoms with Crippen LogP contribution >= 0.6 is 11.6 Å². The fraction of sp³-hybridized carbons (Fsp3) is 0.600. The molecule has 1 aromatic heterocycles. The first-order chi connectivity index (χ1) is 10.2. The second-order valence-electron chi connectivity index (χ2n) is 5.24. The zero-order chi connectivity index (χ0) is 15.1. The molecule has 0 aromatic carbocycles. The lowest BCUT2D eigenvalue weighted by molar-refractivity contribution is 0.0943. The third-order valence-corrected chi connectivity index (χ3v) is 4.04. The Morgan fingerprint density at radius 1 is 1.33 bits per heavy atom. The van der Waals surface area contributed by atoms with Crippen LogP contribution in [0.15, 0.2) is 18.3 Å². The zero-order valence-corrected chi connectivity index (χ0v) is 13.3. The molecule has 0 radical (unpaired) electrons. The van der Waals surface area contributed by atoms with E-state index in [9.17, 15) is 4.79 Å².